The maximum Gasteiger partial charge on any atom is 0.258 e. The van der Waals surface area contributed by atoms with Crippen molar-refractivity contribution >= 4 is 46.7 Å². The smallest absolute Gasteiger partial charge is 0.258 e. The van der Waals surface area contributed by atoms with E-state index in [1.807, 2.05) is 54.6 Å². The number of hydrogen-bond acceptors (Lipinski definition) is 4. The first-order chi connectivity index (χ1) is 15.6. The number of amides is 1. The summed E-state index contributed by atoms with van der Waals surface area (Å²) in [4.78, 5) is 17.2. The average Bonchev–Trinajstić information content (AvgIpc) is 3.21. The number of carbonyl (C=O) groups is 1. The van der Waals surface area contributed by atoms with Gasteiger partial charge in [0.2, 0.25) is 5.95 Å². The average molecular weight is 462 g/mol. The van der Waals surface area contributed by atoms with Crippen molar-refractivity contribution in [3.8, 4) is 0 Å². The first-order valence-electron chi connectivity index (χ1n) is 9.90. The lowest BCUT2D eigenvalue weighted by molar-refractivity contribution is 0.102. The van der Waals surface area contributed by atoms with Crippen molar-refractivity contribution in [3.63, 3.8) is 0 Å². The maximum atomic E-state index is 12.6. The third-order valence-corrected chi connectivity index (χ3v) is 5.56. The van der Waals surface area contributed by atoms with Crippen LogP contribution in [0.5, 0.6) is 0 Å². The molecule has 6 nitrogen and oxygen atoms in total. The summed E-state index contributed by atoms with van der Waals surface area (Å²) in [7, 11) is 0. The number of carbonyl (C=O) groups excluding carboxylic acids is 1. The highest BCUT2D eigenvalue weighted by Gasteiger charge is 2.26. The van der Waals surface area contributed by atoms with Gasteiger partial charge in [0.15, 0.2) is 0 Å². The highest BCUT2D eigenvalue weighted by Crippen LogP contribution is 2.33. The third-order valence-electron chi connectivity index (χ3n) is 5.07. The van der Waals surface area contributed by atoms with Crippen molar-refractivity contribution in [1.82, 2.24) is 14.8 Å². The van der Waals surface area contributed by atoms with E-state index in [9.17, 15) is 4.79 Å². The molecule has 1 aromatic heterocycles. The summed E-state index contributed by atoms with van der Waals surface area (Å²) >= 11 is 12.1. The standard InChI is InChI=1S/C24H17Cl2N5O/c25-18-11-9-15(10-12-18)20-14-21(16-5-2-1-3-6-16)31-24(27-20)29-23(30-31)28-22(32)17-7-4-8-19(26)13-17/h1-14,21H,(H2,27,28,29,30,32). The van der Waals surface area contributed by atoms with Crippen LogP contribution in [-0.4, -0.2) is 20.7 Å². The zero-order valence-electron chi connectivity index (χ0n) is 16.7. The highest BCUT2D eigenvalue weighted by atomic mass is 35.5. The van der Waals surface area contributed by atoms with E-state index < -0.39 is 0 Å². The Labute approximate surface area is 194 Å². The number of benzene rings is 3. The van der Waals surface area contributed by atoms with E-state index in [1.165, 1.54) is 0 Å². The fourth-order valence-corrected chi connectivity index (χ4v) is 3.85. The van der Waals surface area contributed by atoms with Crippen LogP contribution in [-0.2, 0) is 0 Å². The topological polar surface area (TPSA) is 71.8 Å². The molecule has 32 heavy (non-hydrogen) atoms. The van der Waals surface area contributed by atoms with Gasteiger partial charge in [0.05, 0.1) is 0 Å². The van der Waals surface area contributed by atoms with Gasteiger partial charge in [-0.05, 0) is 47.5 Å². The number of rotatable bonds is 4. The number of hydrogen-bond donors (Lipinski definition) is 2. The second-order valence-electron chi connectivity index (χ2n) is 7.24. The van der Waals surface area contributed by atoms with Crippen LogP contribution in [0, 0.1) is 0 Å². The molecule has 0 radical (unpaired) electrons. The Morgan fingerprint density at radius 1 is 0.938 bits per heavy atom. The Bertz CT molecular complexity index is 1320. The van der Waals surface area contributed by atoms with E-state index in [0.29, 0.717) is 21.6 Å². The van der Waals surface area contributed by atoms with Crippen molar-refractivity contribution < 1.29 is 4.79 Å². The van der Waals surface area contributed by atoms with Gasteiger partial charge in [-0.25, -0.2) is 4.68 Å². The first kappa shape index (κ1) is 20.3. The summed E-state index contributed by atoms with van der Waals surface area (Å²) in [5.41, 5.74) is 3.31. The second-order valence-corrected chi connectivity index (χ2v) is 8.11. The minimum Gasteiger partial charge on any atom is -0.324 e. The molecule has 1 aliphatic heterocycles. The molecule has 0 spiro atoms. The molecule has 2 heterocycles. The number of allylic oxidation sites excluding steroid dienone is 1. The van der Waals surface area contributed by atoms with Crippen molar-refractivity contribution in [3.05, 3.63) is 112 Å². The SMILES string of the molecule is O=C(Nc1nc2n(n1)C(c1ccccc1)C=C(c1ccc(Cl)cc1)N2)c1cccc(Cl)c1. The summed E-state index contributed by atoms with van der Waals surface area (Å²) in [5.74, 6) is 0.384. The number of nitrogens with one attached hydrogen (secondary N) is 2. The molecule has 0 bridgehead atoms. The molecule has 0 aliphatic carbocycles. The molecule has 0 saturated carbocycles. The van der Waals surface area contributed by atoms with Gasteiger partial charge < -0.3 is 5.32 Å². The number of aromatic nitrogens is 3. The zero-order chi connectivity index (χ0) is 22.1. The van der Waals surface area contributed by atoms with Crippen LogP contribution >= 0.6 is 23.2 Å². The van der Waals surface area contributed by atoms with Crippen molar-refractivity contribution in [2.24, 2.45) is 0 Å². The van der Waals surface area contributed by atoms with Crippen LogP contribution < -0.4 is 10.6 Å². The van der Waals surface area contributed by atoms with Crippen LogP contribution in [0.3, 0.4) is 0 Å². The van der Waals surface area contributed by atoms with E-state index in [-0.39, 0.29) is 17.9 Å². The normalized spacial score (nSPS) is 14.8. The molecule has 2 N–H and O–H groups in total. The fourth-order valence-electron chi connectivity index (χ4n) is 3.53. The van der Waals surface area contributed by atoms with Gasteiger partial charge in [-0.1, -0.05) is 71.7 Å². The van der Waals surface area contributed by atoms with Gasteiger partial charge in [0.25, 0.3) is 11.9 Å². The Hall–Kier alpha value is -3.61. The lowest BCUT2D eigenvalue weighted by atomic mass is 10.0. The lowest BCUT2D eigenvalue weighted by Crippen LogP contribution is -2.20. The molecule has 158 valence electrons. The fraction of sp³-hybridized carbons (Fsp3) is 0.0417. The van der Waals surface area contributed by atoms with Crippen molar-refractivity contribution in [2.45, 2.75) is 6.04 Å². The van der Waals surface area contributed by atoms with E-state index in [0.717, 1.165) is 16.8 Å². The first-order valence-corrected chi connectivity index (χ1v) is 10.7. The molecule has 1 atom stereocenters. The van der Waals surface area contributed by atoms with E-state index >= 15 is 0 Å². The summed E-state index contributed by atoms with van der Waals surface area (Å²) in [6, 6.07) is 24.0. The van der Waals surface area contributed by atoms with Gasteiger partial charge >= 0.3 is 0 Å². The zero-order valence-corrected chi connectivity index (χ0v) is 18.2. The van der Waals surface area contributed by atoms with Crippen molar-refractivity contribution in [1.29, 1.82) is 0 Å². The molecule has 1 aliphatic rings. The third kappa shape index (κ3) is 4.10. The van der Waals surface area contributed by atoms with Gasteiger partial charge in [0.1, 0.15) is 6.04 Å². The molecule has 4 aromatic rings. The quantitative estimate of drug-likeness (QED) is 0.397. The molecule has 0 fully saturated rings. The minimum absolute atomic E-state index is 0.198. The summed E-state index contributed by atoms with van der Waals surface area (Å²) < 4.78 is 1.75. The maximum absolute atomic E-state index is 12.6. The van der Waals surface area contributed by atoms with Crippen molar-refractivity contribution in [2.75, 3.05) is 10.6 Å². The van der Waals surface area contributed by atoms with Crippen LogP contribution in [0.15, 0.2) is 84.9 Å². The number of halogens is 2. The molecular formula is C24H17Cl2N5O. The molecule has 3 aromatic carbocycles. The Morgan fingerprint density at radius 2 is 1.72 bits per heavy atom. The highest BCUT2D eigenvalue weighted by molar-refractivity contribution is 6.31. The molecule has 5 rings (SSSR count). The minimum atomic E-state index is -0.336. The van der Waals surface area contributed by atoms with Crippen LogP contribution in [0.25, 0.3) is 5.70 Å². The second kappa shape index (κ2) is 8.49. The lowest BCUT2D eigenvalue weighted by Gasteiger charge is -2.24. The number of fused-ring (bicyclic) bond motifs is 1. The summed E-state index contributed by atoms with van der Waals surface area (Å²) in [6.45, 7) is 0. The molecule has 8 heteroatoms. The Morgan fingerprint density at radius 3 is 2.47 bits per heavy atom. The molecule has 0 saturated heterocycles. The van der Waals surface area contributed by atoms with E-state index in [2.05, 4.69) is 26.8 Å². The van der Waals surface area contributed by atoms with Gasteiger partial charge in [-0.3, -0.25) is 10.1 Å². The number of nitrogens with zero attached hydrogens (tertiary/aromatic N) is 3. The van der Waals surface area contributed by atoms with Gasteiger partial charge in [0, 0.05) is 21.3 Å². The predicted octanol–water partition coefficient (Wildman–Crippen LogP) is 5.89. The monoisotopic (exact) mass is 461 g/mol. The van der Waals surface area contributed by atoms with Gasteiger partial charge in [-0.2, -0.15) is 4.98 Å². The molecule has 1 unspecified atom stereocenters. The van der Waals surface area contributed by atoms with E-state index in [1.54, 1.807) is 28.9 Å². The molecule has 1 amide bonds. The van der Waals surface area contributed by atoms with Gasteiger partial charge in [-0.15, -0.1) is 5.10 Å². The summed E-state index contributed by atoms with van der Waals surface area (Å²) in [5, 5.41) is 11.8. The number of anilines is 2. The largest absolute Gasteiger partial charge is 0.324 e. The Balaban J connectivity index is 1.50. The summed E-state index contributed by atoms with van der Waals surface area (Å²) in [6.07, 6.45) is 2.07. The predicted molar refractivity (Wildman–Crippen MR) is 127 cm³/mol. The van der Waals surface area contributed by atoms with E-state index in [4.69, 9.17) is 23.2 Å². The van der Waals surface area contributed by atoms with Crippen LogP contribution in [0.4, 0.5) is 11.9 Å². The Kier molecular flexibility index (Phi) is 5.39. The van der Waals surface area contributed by atoms with Crippen LogP contribution in [0.1, 0.15) is 27.5 Å². The van der Waals surface area contributed by atoms with Crippen LogP contribution in [0.2, 0.25) is 10.0 Å². The molecular weight excluding hydrogens is 445 g/mol.